The van der Waals surface area contributed by atoms with Gasteiger partial charge < -0.3 is 23.7 Å². The summed E-state index contributed by atoms with van der Waals surface area (Å²) in [7, 11) is -0.234. The zero-order valence-corrected chi connectivity index (χ0v) is 22.1. The first-order valence-corrected chi connectivity index (χ1v) is 13.0. The standard InChI is InChI=1S/C27H30N2O8S/c1-29(2)38(32,33)37-25-17-22(14-15-24(25)35-18-20-10-6-4-7-11-20)16-23(26(30)34-3)28-27(31)36-19-21-12-8-5-9-13-21/h4-15,17,23H,16,18-19H2,1-3H3,(H,28,31). The van der Waals surface area contributed by atoms with E-state index in [1.807, 2.05) is 48.5 Å². The number of amides is 1. The van der Waals surface area contributed by atoms with Gasteiger partial charge >= 0.3 is 22.4 Å². The molecule has 0 spiro atoms. The van der Waals surface area contributed by atoms with Crippen molar-refractivity contribution in [3.05, 3.63) is 95.6 Å². The minimum Gasteiger partial charge on any atom is -0.485 e. The van der Waals surface area contributed by atoms with Crippen LogP contribution in [0.2, 0.25) is 0 Å². The second kappa shape index (κ2) is 13.5. The van der Waals surface area contributed by atoms with Crippen LogP contribution in [0.4, 0.5) is 4.79 Å². The molecule has 0 aliphatic heterocycles. The number of alkyl carbamates (subject to hydrolysis) is 1. The highest BCUT2D eigenvalue weighted by Gasteiger charge is 2.25. The predicted octanol–water partition coefficient (Wildman–Crippen LogP) is 3.46. The van der Waals surface area contributed by atoms with Gasteiger partial charge in [-0.05, 0) is 28.8 Å². The maximum absolute atomic E-state index is 12.4. The molecule has 0 bridgehead atoms. The van der Waals surface area contributed by atoms with Gasteiger partial charge in [-0.25, -0.2) is 9.59 Å². The molecule has 1 unspecified atom stereocenters. The normalized spacial score (nSPS) is 11.9. The highest BCUT2D eigenvalue weighted by Crippen LogP contribution is 2.31. The van der Waals surface area contributed by atoms with Crippen molar-refractivity contribution in [3.8, 4) is 11.5 Å². The molecular weight excluding hydrogens is 512 g/mol. The molecule has 0 aromatic heterocycles. The molecule has 38 heavy (non-hydrogen) atoms. The van der Waals surface area contributed by atoms with E-state index in [-0.39, 0.29) is 31.1 Å². The molecule has 10 nitrogen and oxygen atoms in total. The molecule has 1 amide bonds. The molecular formula is C27H30N2O8S. The average molecular weight is 543 g/mol. The quantitative estimate of drug-likeness (QED) is 0.346. The van der Waals surface area contributed by atoms with E-state index in [1.165, 1.54) is 27.3 Å². The number of nitrogens with zero attached hydrogens (tertiary/aromatic N) is 1. The lowest BCUT2D eigenvalue weighted by Gasteiger charge is -2.19. The highest BCUT2D eigenvalue weighted by atomic mass is 32.2. The second-order valence-corrected chi connectivity index (χ2v) is 10.1. The van der Waals surface area contributed by atoms with E-state index in [9.17, 15) is 18.0 Å². The number of hydrogen-bond donors (Lipinski definition) is 1. The Morgan fingerprint density at radius 2 is 1.45 bits per heavy atom. The zero-order valence-electron chi connectivity index (χ0n) is 21.3. The van der Waals surface area contributed by atoms with Crippen LogP contribution in [0, 0.1) is 0 Å². The number of carbonyl (C=O) groups is 2. The minimum atomic E-state index is -4.10. The summed E-state index contributed by atoms with van der Waals surface area (Å²) in [4.78, 5) is 24.8. The number of hydrogen-bond acceptors (Lipinski definition) is 8. The van der Waals surface area contributed by atoms with Gasteiger partial charge in [0.25, 0.3) is 0 Å². The van der Waals surface area contributed by atoms with E-state index >= 15 is 0 Å². The number of carbonyl (C=O) groups excluding carboxylic acids is 2. The van der Waals surface area contributed by atoms with Gasteiger partial charge in [-0.15, -0.1) is 0 Å². The van der Waals surface area contributed by atoms with Gasteiger partial charge in [0.2, 0.25) is 0 Å². The Hall–Kier alpha value is -4.09. The second-order valence-electron chi connectivity index (χ2n) is 8.36. The van der Waals surface area contributed by atoms with E-state index in [1.54, 1.807) is 24.3 Å². The molecule has 1 N–H and O–H groups in total. The fourth-order valence-electron chi connectivity index (χ4n) is 3.27. The van der Waals surface area contributed by atoms with Crippen LogP contribution in [0.25, 0.3) is 0 Å². The average Bonchev–Trinajstić information content (AvgIpc) is 2.91. The largest absolute Gasteiger partial charge is 0.485 e. The lowest BCUT2D eigenvalue weighted by Crippen LogP contribution is -2.43. The van der Waals surface area contributed by atoms with Gasteiger partial charge in [-0.3, -0.25) is 0 Å². The van der Waals surface area contributed by atoms with Crippen molar-refractivity contribution in [2.45, 2.75) is 25.7 Å². The van der Waals surface area contributed by atoms with Crippen molar-refractivity contribution < 1.29 is 36.4 Å². The van der Waals surface area contributed by atoms with Gasteiger partial charge in [0.15, 0.2) is 11.5 Å². The maximum atomic E-state index is 12.4. The zero-order chi connectivity index (χ0) is 27.5. The van der Waals surface area contributed by atoms with Crippen molar-refractivity contribution in [3.63, 3.8) is 0 Å². The molecule has 0 saturated carbocycles. The number of methoxy groups -OCH3 is 1. The van der Waals surface area contributed by atoms with Crippen LogP contribution in [0.1, 0.15) is 16.7 Å². The summed E-state index contributed by atoms with van der Waals surface area (Å²) in [5.41, 5.74) is 2.15. The molecule has 0 radical (unpaired) electrons. The van der Waals surface area contributed by atoms with Crippen molar-refractivity contribution in [2.75, 3.05) is 21.2 Å². The Bertz CT molecular complexity index is 1320. The van der Waals surface area contributed by atoms with Gasteiger partial charge in [0.05, 0.1) is 7.11 Å². The molecule has 0 aliphatic rings. The first kappa shape index (κ1) is 28.5. The SMILES string of the molecule is COC(=O)C(Cc1ccc(OCc2ccccc2)c(OS(=O)(=O)N(C)C)c1)NC(=O)OCc1ccccc1. The van der Waals surface area contributed by atoms with Crippen molar-refractivity contribution >= 4 is 22.4 Å². The summed E-state index contributed by atoms with van der Waals surface area (Å²) in [6.45, 7) is 0.201. The molecule has 3 aromatic rings. The van der Waals surface area contributed by atoms with E-state index < -0.39 is 28.4 Å². The molecule has 202 valence electrons. The Morgan fingerprint density at radius 3 is 2.03 bits per heavy atom. The topological polar surface area (TPSA) is 120 Å². The van der Waals surface area contributed by atoms with Gasteiger partial charge in [0, 0.05) is 20.5 Å². The third kappa shape index (κ3) is 8.49. The van der Waals surface area contributed by atoms with E-state index in [0.717, 1.165) is 15.4 Å². The summed E-state index contributed by atoms with van der Waals surface area (Å²) >= 11 is 0. The Labute approximate surface area is 222 Å². The number of esters is 1. The van der Waals surface area contributed by atoms with E-state index in [0.29, 0.717) is 5.56 Å². The van der Waals surface area contributed by atoms with Crippen molar-refractivity contribution in [1.82, 2.24) is 9.62 Å². The third-order valence-electron chi connectivity index (χ3n) is 5.32. The summed E-state index contributed by atoms with van der Waals surface area (Å²) in [5.74, 6) is -0.579. The third-order valence-corrected chi connectivity index (χ3v) is 6.60. The van der Waals surface area contributed by atoms with Gasteiger partial charge in [0.1, 0.15) is 19.3 Å². The summed E-state index contributed by atoms with van der Waals surface area (Å²) in [5, 5.41) is 2.50. The first-order valence-electron chi connectivity index (χ1n) is 11.6. The van der Waals surface area contributed by atoms with Gasteiger partial charge in [-0.2, -0.15) is 12.7 Å². The molecule has 11 heteroatoms. The van der Waals surface area contributed by atoms with Crippen LogP contribution >= 0.6 is 0 Å². The molecule has 0 aliphatic carbocycles. The van der Waals surface area contributed by atoms with Crippen LogP contribution in [-0.4, -0.2) is 52.0 Å². The van der Waals surface area contributed by atoms with Crippen molar-refractivity contribution in [2.24, 2.45) is 0 Å². The van der Waals surface area contributed by atoms with Gasteiger partial charge in [-0.1, -0.05) is 66.7 Å². The lowest BCUT2D eigenvalue weighted by atomic mass is 10.1. The molecule has 0 heterocycles. The summed E-state index contributed by atoms with van der Waals surface area (Å²) in [6, 6.07) is 21.9. The van der Waals surface area contributed by atoms with E-state index in [2.05, 4.69) is 5.32 Å². The first-order chi connectivity index (χ1) is 18.2. The van der Waals surface area contributed by atoms with Crippen molar-refractivity contribution in [1.29, 1.82) is 0 Å². The Morgan fingerprint density at radius 1 is 0.842 bits per heavy atom. The van der Waals surface area contributed by atoms with Crippen LogP contribution in [0.15, 0.2) is 78.9 Å². The monoisotopic (exact) mass is 542 g/mol. The maximum Gasteiger partial charge on any atom is 0.408 e. The van der Waals surface area contributed by atoms with Crippen LogP contribution in [-0.2, 0) is 44.2 Å². The fraction of sp³-hybridized carbons (Fsp3) is 0.259. The fourth-order valence-corrected chi connectivity index (χ4v) is 3.77. The number of nitrogens with one attached hydrogen (secondary N) is 1. The number of ether oxygens (including phenoxy) is 3. The smallest absolute Gasteiger partial charge is 0.408 e. The predicted molar refractivity (Wildman–Crippen MR) is 140 cm³/mol. The highest BCUT2D eigenvalue weighted by molar-refractivity contribution is 7.84. The van der Waals surface area contributed by atoms with E-state index in [4.69, 9.17) is 18.4 Å². The molecule has 3 rings (SSSR count). The Kier molecular flexibility index (Phi) is 10.1. The number of rotatable bonds is 12. The van der Waals surface area contributed by atoms with Crippen LogP contribution < -0.4 is 14.2 Å². The molecule has 3 aromatic carbocycles. The van der Waals surface area contributed by atoms with Crippen LogP contribution in [0.5, 0.6) is 11.5 Å². The minimum absolute atomic E-state index is 0.0222. The van der Waals surface area contributed by atoms with Crippen LogP contribution in [0.3, 0.4) is 0 Å². The molecule has 0 fully saturated rings. The lowest BCUT2D eigenvalue weighted by molar-refractivity contribution is -0.143. The molecule has 1 atom stereocenters. The number of benzene rings is 3. The summed E-state index contributed by atoms with van der Waals surface area (Å²) < 4.78 is 47.0. The molecule has 0 saturated heterocycles. The Balaban J connectivity index is 1.77. The summed E-state index contributed by atoms with van der Waals surface area (Å²) in [6.07, 6.45) is -0.830.